The summed E-state index contributed by atoms with van der Waals surface area (Å²) in [5, 5.41) is 9.11. The largest absolute Gasteiger partial charge is 0.444 e. The van der Waals surface area contributed by atoms with E-state index in [1.54, 1.807) is 9.80 Å². The molecule has 0 aliphatic carbocycles. The molecule has 0 radical (unpaired) electrons. The number of carbonyl (C=O) groups excluding carboxylic acids is 2. The molecule has 1 fully saturated rings. The molecule has 0 bridgehead atoms. The molecule has 1 aliphatic heterocycles. The molecule has 1 rings (SSSR count). The van der Waals surface area contributed by atoms with Gasteiger partial charge >= 0.3 is 6.09 Å². The van der Waals surface area contributed by atoms with Crippen LogP contribution in [0.25, 0.3) is 0 Å². The van der Waals surface area contributed by atoms with E-state index in [1.807, 2.05) is 27.7 Å². The minimum Gasteiger partial charge on any atom is -0.444 e. The van der Waals surface area contributed by atoms with Gasteiger partial charge < -0.3 is 19.6 Å². The van der Waals surface area contributed by atoms with Crippen molar-refractivity contribution in [2.45, 2.75) is 57.8 Å². The molecular weight excluding hydrogens is 328 g/mol. The summed E-state index contributed by atoms with van der Waals surface area (Å²) in [7, 11) is 0. The van der Waals surface area contributed by atoms with Gasteiger partial charge in [0, 0.05) is 37.8 Å². The summed E-state index contributed by atoms with van der Waals surface area (Å²) in [6.45, 7) is 9.70. The molecule has 6 nitrogen and oxygen atoms in total. The second-order valence-electron chi connectivity index (χ2n) is 7.31. The predicted octanol–water partition coefficient (Wildman–Crippen LogP) is 2.16. The second-order valence-corrected chi connectivity index (χ2v) is 7.97. The second kappa shape index (κ2) is 9.51. The van der Waals surface area contributed by atoms with Gasteiger partial charge in [-0.1, -0.05) is 13.3 Å². The number of amides is 2. The first kappa shape index (κ1) is 21.1. The van der Waals surface area contributed by atoms with Crippen LogP contribution in [-0.4, -0.2) is 70.5 Å². The van der Waals surface area contributed by atoms with Crippen LogP contribution in [-0.2, 0) is 9.53 Å². The van der Waals surface area contributed by atoms with E-state index in [9.17, 15) is 14.7 Å². The first-order valence-electron chi connectivity index (χ1n) is 8.72. The smallest absolute Gasteiger partial charge is 0.410 e. The van der Waals surface area contributed by atoms with Crippen molar-refractivity contribution in [3.05, 3.63) is 0 Å². The Kier molecular flexibility index (Phi) is 8.36. The lowest BCUT2D eigenvalue weighted by atomic mass is 9.96. The number of thiol groups is 1. The molecule has 0 aromatic heterocycles. The van der Waals surface area contributed by atoms with Crippen molar-refractivity contribution in [3.63, 3.8) is 0 Å². The normalized spacial score (nSPS) is 18.2. The minimum absolute atomic E-state index is 0.0321. The van der Waals surface area contributed by atoms with Gasteiger partial charge in [-0.2, -0.15) is 12.6 Å². The third-order valence-electron chi connectivity index (χ3n) is 4.27. The molecule has 1 aliphatic rings. The lowest BCUT2D eigenvalue weighted by Crippen LogP contribution is -2.51. The van der Waals surface area contributed by atoms with Gasteiger partial charge in [0.1, 0.15) is 5.60 Å². The Morgan fingerprint density at radius 1 is 1.17 bits per heavy atom. The van der Waals surface area contributed by atoms with Crippen molar-refractivity contribution in [1.82, 2.24) is 9.80 Å². The quantitative estimate of drug-likeness (QED) is 0.712. The maximum Gasteiger partial charge on any atom is 0.410 e. The summed E-state index contributed by atoms with van der Waals surface area (Å²) in [5.41, 5.74) is -0.505. The third kappa shape index (κ3) is 6.89. The van der Waals surface area contributed by atoms with Gasteiger partial charge in [0.05, 0.1) is 6.61 Å². The van der Waals surface area contributed by atoms with Crippen LogP contribution in [0.2, 0.25) is 0 Å². The molecule has 0 aromatic rings. The number of aliphatic hydroxyl groups is 1. The molecule has 0 spiro atoms. The summed E-state index contributed by atoms with van der Waals surface area (Å²) in [6, 6.07) is 0. The molecule has 7 heteroatoms. The van der Waals surface area contributed by atoms with E-state index >= 15 is 0 Å². The highest BCUT2D eigenvalue weighted by Crippen LogP contribution is 2.21. The van der Waals surface area contributed by atoms with E-state index in [-0.39, 0.29) is 29.8 Å². The Morgan fingerprint density at radius 2 is 1.71 bits per heavy atom. The van der Waals surface area contributed by atoms with Crippen LogP contribution in [0.1, 0.15) is 47.0 Å². The predicted molar refractivity (Wildman–Crippen MR) is 97.3 cm³/mol. The Bertz CT molecular complexity index is 417. The molecular formula is C17H32N2O4S. The van der Waals surface area contributed by atoms with Gasteiger partial charge in [-0.25, -0.2) is 4.79 Å². The minimum atomic E-state index is -0.505. The molecule has 1 N–H and O–H groups in total. The van der Waals surface area contributed by atoms with Crippen molar-refractivity contribution < 1.29 is 19.4 Å². The highest BCUT2D eigenvalue weighted by molar-refractivity contribution is 7.81. The number of rotatable bonds is 6. The van der Waals surface area contributed by atoms with Gasteiger partial charge in [-0.15, -0.1) is 0 Å². The fourth-order valence-electron chi connectivity index (χ4n) is 2.75. The molecule has 0 aromatic carbocycles. The Balaban J connectivity index is 2.39. The summed E-state index contributed by atoms with van der Waals surface area (Å²) < 4.78 is 5.36. The van der Waals surface area contributed by atoms with Crippen molar-refractivity contribution in [3.8, 4) is 0 Å². The van der Waals surface area contributed by atoms with Crippen LogP contribution in [0.3, 0.4) is 0 Å². The summed E-state index contributed by atoms with van der Waals surface area (Å²) in [4.78, 5) is 27.8. The van der Waals surface area contributed by atoms with Crippen LogP contribution < -0.4 is 0 Å². The molecule has 2 amide bonds. The lowest BCUT2D eigenvalue weighted by Gasteiger charge is -2.36. The first-order valence-corrected chi connectivity index (χ1v) is 9.24. The number of nitrogens with zero attached hydrogens (tertiary/aromatic N) is 2. The fourth-order valence-corrected chi connectivity index (χ4v) is 3.11. The van der Waals surface area contributed by atoms with E-state index in [1.165, 1.54) is 0 Å². The lowest BCUT2D eigenvalue weighted by molar-refractivity contribution is -0.133. The highest BCUT2D eigenvalue weighted by atomic mass is 32.1. The van der Waals surface area contributed by atoms with E-state index < -0.39 is 5.60 Å². The van der Waals surface area contributed by atoms with Crippen LogP contribution in [0.4, 0.5) is 4.79 Å². The topological polar surface area (TPSA) is 70.1 Å². The molecule has 0 saturated carbocycles. The zero-order chi connectivity index (χ0) is 18.3. The monoisotopic (exact) mass is 360 g/mol. The highest BCUT2D eigenvalue weighted by Gasteiger charge is 2.28. The van der Waals surface area contributed by atoms with Crippen LogP contribution in [0.15, 0.2) is 0 Å². The van der Waals surface area contributed by atoms with Gasteiger partial charge in [-0.05, 0) is 33.1 Å². The Labute approximate surface area is 150 Å². The SMILES string of the molecule is CC[C@@H](CCC(=O)N1CCN(C(=O)OC(C)(C)C)CC1)C(S)CO. The van der Waals surface area contributed by atoms with Crippen LogP contribution >= 0.6 is 12.6 Å². The summed E-state index contributed by atoms with van der Waals surface area (Å²) >= 11 is 4.37. The standard InChI is InChI=1S/C17H32N2O4S/c1-5-13(14(24)12-20)6-7-15(21)18-8-10-19(11-9-18)16(22)23-17(2,3)4/h13-14,20,24H,5-12H2,1-4H3/t13-,14?/m0/s1. The van der Waals surface area contributed by atoms with Crippen molar-refractivity contribution in [2.24, 2.45) is 5.92 Å². The molecule has 1 unspecified atom stereocenters. The van der Waals surface area contributed by atoms with Crippen molar-refractivity contribution >= 4 is 24.6 Å². The Morgan fingerprint density at radius 3 is 2.17 bits per heavy atom. The van der Waals surface area contributed by atoms with Gasteiger partial charge in [0.25, 0.3) is 0 Å². The van der Waals surface area contributed by atoms with Crippen molar-refractivity contribution in [2.75, 3.05) is 32.8 Å². The van der Waals surface area contributed by atoms with Gasteiger partial charge in [-0.3, -0.25) is 4.79 Å². The van der Waals surface area contributed by atoms with Crippen molar-refractivity contribution in [1.29, 1.82) is 0 Å². The number of hydrogen-bond acceptors (Lipinski definition) is 5. The molecule has 1 saturated heterocycles. The third-order valence-corrected chi connectivity index (χ3v) is 4.85. The van der Waals surface area contributed by atoms with E-state index in [0.717, 1.165) is 12.8 Å². The average molecular weight is 361 g/mol. The Hall–Kier alpha value is -0.950. The maximum absolute atomic E-state index is 12.3. The van der Waals surface area contributed by atoms with Crippen LogP contribution in [0, 0.1) is 5.92 Å². The maximum atomic E-state index is 12.3. The van der Waals surface area contributed by atoms with Crippen LogP contribution in [0.5, 0.6) is 0 Å². The number of hydrogen-bond donors (Lipinski definition) is 2. The zero-order valence-electron chi connectivity index (χ0n) is 15.3. The van der Waals surface area contributed by atoms with E-state index in [2.05, 4.69) is 12.6 Å². The molecule has 140 valence electrons. The number of ether oxygens (including phenoxy) is 1. The average Bonchev–Trinajstić information content (AvgIpc) is 2.53. The number of piperazine rings is 1. The summed E-state index contributed by atoms with van der Waals surface area (Å²) in [6.07, 6.45) is 1.77. The molecule has 2 atom stereocenters. The van der Waals surface area contributed by atoms with Gasteiger partial charge in [0.15, 0.2) is 0 Å². The number of carbonyl (C=O) groups is 2. The van der Waals surface area contributed by atoms with E-state index in [4.69, 9.17) is 4.74 Å². The molecule has 1 heterocycles. The molecule has 24 heavy (non-hydrogen) atoms. The first-order chi connectivity index (χ1) is 11.2. The van der Waals surface area contributed by atoms with Gasteiger partial charge in [0.2, 0.25) is 5.91 Å². The van der Waals surface area contributed by atoms with E-state index in [0.29, 0.717) is 32.6 Å². The number of aliphatic hydroxyl groups excluding tert-OH is 1. The summed E-state index contributed by atoms with van der Waals surface area (Å²) in [5.74, 6) is 0.348. The zero-order valence-corrected chi connectivity index (χ0v) is 16.2. The fraction of sp³-hybridized carbons (Fsp3) is 0.882.